The van der Waals surface area contributed by atoms with E-state index in [0.717, 1.165) is 26.1 Å². The Bertz CT molecular complexity index is 189. The zero-order valence-corrected chi connectivity index (χ0v) is 10.2. The standard InChI is InChI=1S/C9H19NO4Si/c1-2-11-15-12-7-3-4-10(5-8-13-15)6-9-14-15/h2-9H2,1H3. The third kappa shape index (κ3) is 2.99. The van der Waals surface area contributed by atoms with Gasteiger partial charge in [0.05, 0.1) is 13.2 Å². The molecule has 2 bridgehead atoms. The van der Waals surface area contributed by atoms with Gasteiger partial charge in [0.2, 0.25) is 0 Å². The van der Waals surface area contributed by atoms with Gasteiger partial charge in [0.15, 0.2) is 0 Å². The summed E-state index contributed by atoms with van der Waals surface area (Å²) in [5.74, 6) is 0. The van der Waals surface area contributed by atoms with Crippen molar-refractivity contribution in [2.24, 2.45) is 0 Å². The number of rotatable bonds is 2. The molecule has 0 amide bonds. The first-order chi connectivity index (χ1) is 7.35. The molecule has 5 nitrogen and oxygen atoms in total. The van der Waals surface area contributed by atoms with Gasteiger partial charge >= 0.3 is 9.05 Å². The van der Waals surface area contributed by atoms with Crippen LogP contribution >= 0.6 is 0 Å². The van der Waals surface area contributed by atoms with Crippen molar-refractivity contribution in [1.29, 1.82) is 0 Å². The Hall–Kier alpha value is 0.0169. The van der Waals surface area contributed by atoms with Gasteiger partial charge in [0.25, 0.3) is 0 Å². The number of hydrogen-bond donors (Lipinski definition) is 0. The van der Waals surface area contributed by atoms with Crippen LogP contribution in [0.15, 0.2) is 0 Å². The van der Waals surface area contributed by atoms with E-state index in [1.54, 1.807) is 0 Å². The Balaban J connectivity index is 2.05. The van der Waals surface area contributed by atoms with Gasteiger partial charge in [-0.05, 0) is 13.3 Å². The third-order valence-electron chi connectivity index (χ3n) is 2.59. The van der Waals surface area contributed by atoms with E-state index < -0.39 is 9.05 Å². The zero-order chi connectivity index (χ0) is 10.6. The molecule has 0 unspecified atom stereocenters. The second-order valence-corrected chi connectivity index (χ2v) is 5.83. The van der Waals surface area contributed by atoms with Crippen molar-refractivity contribution in [2.75, 3.05) is 46.1 Å². The van der Waals surface area contributed by atoms with Crippen LogP contribution < -0.4 is 0 Å². The van der Waals surface area contributed by atoms with Gasteiger partial charge in [-0.3, -0.25) is 4.90 Å². The van der Waals surface area contributed by atoms with Crippen molar-refractivity contribution in [3.05, 3.63) is 0 Å². The maximum absolute atomic E-state index is 5.70. The summed E-state index contributed by atoms with van der Waals surface area (Å²) in [4.78, 5) is 2.35. The molecule has 3 aliphatic heterocycles. The molecule has 0 aromatic rings. The lowest BCUT2D eigenvalue weighted by molar-refractivity contribution is -0.0404. The largest absolute Gasteiger partial charge is 0.679 e. The van der Waals surface area contributed by atoms with Gasteiger partial charge < -0.3 is 17.7 Å². The van der Waals surface area contributed by atoms with Crippen LogP contribution in [0, 0.1) is 0 Å². The molecule has 0 aromatic heterocycles. The molecule has 6 heteroatoms. The first-order valence-corrected chi connectivity index (χ1v) is 7.26. The fourth-order valence-electron chi connectivity index (χ4n) is 1.85. The summed E-state index contributed by atoms with van der Waals surface area (Å²) < 4.78 is 22.7. The highest BCUT2D eigenvalue weighted by molar-refractivity contribution is 6.53. The Morgan fingerprint density at radius 2 is 1.73 bits per heavy atom. The van der Waals surface area contributed by atoms with Crippen LogP contribution in [0.1, 0.15) is 13.3 Å². The van der Waals surface area contributed by atoms with Crippen molar-refractivity contribution >= 4 is 9.05 Å². The quantitative estimate of drug-likeness (QED) is 0.638. The Labute approximate surface area is 91.7 Å². The average molecular weight is 233 g/mol. The molecule has 0 saturated carbocycles. The minimum Gasteiger partial charge on any atom is -0.351 e. The van der Waals surface area contributed by atoms with E-state index in [1.807, 2.05) is 6.92 Å². The molecule has 3 rings (SSSR count). The molecule has 0 aliphatic carbocycles. The molecule has 88 valence electrons. The third-order valence-corrected chi connectivity index (χ3v) is 4.91. The van der Waals surface area contributed by atoms with E-state index in [9.17, 15) is 0 Å². The fourth-order valence-corrected chi connectivity index (χ4v) is 3.78. The van der Waals surface area contributed by atoms with Gasteiger partial charge in [-0.25, -0.2) is 0 Å². The molecule has 0 aromatic carbocycles. The summed E-state index contributed by atoms with van der Waals surface area (Å²) in [6.07, 6.45) is 1.02. The molecule has 0 N–H and O–H groups in total. The molecule has 3 heterocycles. The second-order valence-electron chi connectivity index (χ2n) is 3.67. The van der Waals surface area contributed by atoms with Crippen molar-refractivity contribution in [3.63, 3.8) is 0 Å². The van der Waals surface area contributed by atoms with Crippen molar-refractivity contribution in [2.45, 2.75) is 13.3 Å². The van der Waals surface area contributed by atoms with Crippen molar-refractivity contribution < 1.29 is 17.7 Å². The summed E-state index contributed by atoms with van der Waals surface area (Å²) >= 11 is 0. The van der Waals surface area contributed by atoms with Crippen molar-refractivity contribution in [1.82, 2.24) is 4.90 Å². The Morgan fingerprint density at radius 1 is 1.07 bits per heavy atom. The first kappa shape index (κ1) is 11.5. The molecular formula is C9H19NO4Si. The number of fused-ring (bicyclic) bond motifs is 7. The maximum atomic E-state index is 5.70. The summed E-state index contributed by atoms with van der Waals surface area (Å²) in [6, 6.07) is 0. The lowest BCUT2D eigenvalue weighted by atomic mass is 10.4. The van der Waals surface area contributed by atoms with E-state index in [2.05, 4.69) is 4.90 Å². The topological polar surface area (TPSA) is 40.2 Å². The van der Waals surface area contributed by atoms with Crippen LogP contribution in [-0.4, -0.2) is 60.0 Å². The molecule has 0 spiro atoms. The minimum atomic E-state index is -2.79. The summed E-state index contributed by atoms with van der Waals surface area (Å²) in [6.45, 7) is 7.44. The zero-order valence-electron chi connectivity index (χ0n) is 9.24. The molecule has 3 saturated heterocycles. The molecule has 0 atom stereocenters. The Kier molecular flexibility index (Phi) is 4.12. The van der Waals surface area contributed by atoms with E-state index in [4.69, 9.17) is 17.7 Å². The van der Waals surface area contributed by atoms with Gasteiger partial charge in [-0.2, -0.15) is 0 Å². The van der Waals surface area contributed by atoms with Crippen LogP contribution in [0.4, 0.5) is 0 Å². The second kappa shape index (κ2) is 5.38. The average Bonchev–Trinajstić information content (AvgIpc) is 2.34. The van der Waals surface area contributed by atoms with E-state index >= 15 is 0 Å². The van der Waals surface area contributed by atoms with Gasteiger partial charge in [0, 0.05) is 32.8 Å². The van der Waals surface area contributed by atoms with Gasteiger partial charge in [-0.1, -0.05) is 0 Å². The SMILES string of the molecule is CCO[Si]12OCCCN(CCO1)CCO2. The highest BCUT2D eigenvalue weighted by atomic mass is 28.4. The normalized spacial score (nSPS) is 37.8. The van der Waals surface area contributed by atoms with Crippen LogP contribution in [0.5, 0.6) is 0 Å². The monoisotopic (exact) mass is 233 g/mol. The lowest BCUT2D eigenvalue weighted by Crippen LogP contribution is -2.52. The van der Waals surface area contributed by atoms with E-state index in [0.29, 0.717) is 26.4 Å². The summed E-state index contributed by atoms with van der Waals surface area (Å²) in [7, 11) is -2.79. The van der Waals surface area contributed by atoms with Crippen LogP contribution in [0.3, 0.4) is 0 Å². The fraction of sp³-hybridized carbons (Fsp3) is 1.00. The Morgan fingerprint density at radius 3 is 2.40 bits per heavy atom. The number of nitrogens with zero attached hydrogens (tertiary/aromatic N) is 1. The minimum absolute atomic E-state index is 0.579. The van der Waals surface area contributed by atoms with Crippen molar-refractivity contribution in [3.8, 4) is 0 Å². The summed E-state index contributed by atoms with van der Waals surface area (Å²) in [5, 5.41) is 0. The van der Waals surface area contributed by atoms with Gasteiger partial charge in [0.1, 0.15) is 0 Å². The smallest absolute Gasteiger partial charge is 0.351 e. The maximum Gasteiger partial charge on any atom is 0.679 e. The highest BCUT2D eigenvalue weighted by Gasteiger charge is 2.46. The molecule has 0 radical (unpaired) electrons. The van der Waals surface area contributed by atoms with Crippen LogP contribution in [-0.2, 0) is 17.7 Å². The molecular weight excluding hydrogens is 214 g/mol. The molecule has 3 aliphatic rings. The molecule has 3 fully saturated rings. The summed E-state index contributed by atoms with van der Waals surface area (Å²) in [5.41, 5.74) is 0. The van der Waals surface area contributed by atoms with Crippen LogP contribution in [0.2, 0.25) is 0 Å². The predicted octanol–water partition coefficient (Wildman–Crippen LogP) is 0.228. The molecule has 15 heavy (non-hydrogen) atoms. The number of hydrogen-bond acceptors (Lipinski definition) is 5. The van der Waals surface area contributed by atoms with E-state index in [1.165, 1.54) is 0 Å². The van der Waals surface area contributed by atoms with Gasteiger partial charge in [-0.15, -0.1) is 0 Å². The lowest BCUT2D eigenvalue weighted by Gasteiger charge is -2.30. The van der Waals surface area contributed by atoms with Crippen LogP contribution in [0.25, 0.3) is 0 Å². The first-order valence-electron chi connectivity index (χ1n) is 5.63. The highest BCUT2D eigenvalue weighted by Crippen LogP contribution is 2.16. The predicted molar refractivity (Wildman–Crippen MR) is 56.3 cm³/mol. The van der Waals surface area contributed by atoms with E-state index in [-0.39, 0.29) is 0 Å².